The molecule has 4 aromatic heterocycles. The zero-order chi connectivity index (χ0) is 26.6. The summed E-state index contributed by atoms with van der Waals surface area (Å²) in [5.74, 6) is 0.823. The number of fused-ring (bicyclic) bond motifs is 1. The molecule has 0 unspecified atom stereocenters. The molecule has 1 saturated carbocycles. The number of nitrogens with zero attached hydrogens (tertiary/aromatic N) is 4. The summed E-state index contributed by atoms with van der Waals surface area (Å²) in [6.07, 6.45) is 19.2. The van der Waals surface area contributed by atoms with E-state index in [4.69, 9.17) is 5.10 Å². The van der Waals surface area contributed by atoms with Crippen LogP contribution in [0.2, 0.25) is 0 Å². The van der Waals surface area contributed by atoms with E-state index in [1.54, 1.807) is 0 Å². The van der Waals surface area contributed by atoms with E-state index in [1.165, 1.54) is 56.2 Å². The van der Waals surface area contributed by atoms with E-state index in [0.29, 0.717) is 0 Å². The largest absolute Gasteiger partial charge is 0.371 e. The minimum absolute atomic E-state index is 0.823. The number of hydrogen-bond acceptors (Lipinski definition) is 5. The van der Waals surface area contributed by atoms with Crippen molar-refractivity contribution in [3.8, 4) is 11.4 Å². The topological polar surface area (TPSA) is 85.5 Å². The highest BCUT2D eigenvalue weighted by Crippen LogP contribution is 2.30. The molecule has 6 rings (SSSR count). The van der Waals surface area contributed by atoms with Crippen LogP contribution in [-0.2, 0) is 6.54 Å². The quantitative estimate of drug-likeness (QED) is 0.307. The number of nitrogens with one attached hydrogen (secondary N) is 3. The van der Waals surface area contributed by atoms with Crippen LogP contribution in [0.4, 0.5) is 5.69 Å². The molecule has 1 aliphatic heterocycles. The van der Waals surface area contributed by atoms with Gasteiger partial charge in [0, 0.05) is 54.5 Å². The fourth-order valence-corrected chi connectivity index (χ4v) is 6.14. The molecule has 39 heavy (non-hydrogen) atoms. The van der Waals surface area contributed by atoms with Crippen LogP contribution in [0.25, 0.3) is 40.1 Å². The molecule has 0 bridgehead atoms. The van der Waals surface area contributed by atoms with Gasteiger partial charge in [-0.2, -0.15) is 5.10 Å². The summed E-state index contributed by atoms with van der Waals surface area (Å²) in [5, 5.41) is 14.7. The molecule has 0 spiro atoms. The van der Waals surface area contributed by atoms with Crippen molar-refractivity contribution < 1.29 is 0 Å². The van der Waals surface area contributed by atoms with Crippen molar-refractivity contribution in [1.29, 1.82) is 0 Å². The Bertz CT molecular complexity index is 1570. The smallest absolute Gasteiger partial charge is 0.139 e. The predicted octanol–water partition coefficient (Wildman–Crippen LogP) is 4.91. The second-order valence-corrected chi connectivity index (χ2v) is 11.0. The maximum absolute atomic E-state index is 4.71. The number of piperidine rings is 1. The summed E-state index contributed by atoms with van der Waals surface area (Å²) in [5.41, 5.74) is 7.08. The molecule has 5 heterocycles. The Morgan fingerprint density at radius 3 is 2.79 bits per heavy atom. The second kappa shape index (κ2) is 11.6. The van der Waals surface area contributed by atoms with E-state index < -0.39 is 0 Å². The average molecular weight is 522 g/mol. The number of pyridine rings is 2. The number of H-pyrrole nitrogens is 2. The zero-order valence-corrected chi connectivity index (χ0v) is 23.0. The lowest BCUT2D eigenvalue weighted by molar-refractivity contribution is 0.489. The van der Waals surface area contributed by atoms with Gasteiger partial charge in [0.2, 0.25) is 0 Å². The molecule has 0 radical (unpaired) electrons. The molecule has 3 N–H and O–H groups in total. The number of allylic oxidation sites excluding steroid dienone is 1. The van der Waals surface area contributed by atoms with Crippen LogP contribution in [0.1, 0.15) is 63.0 Å². The van der Waals surface area contributed by atoms with Crippen LogP contribution in [0.15, 0.2) is 43.4 Å². The Morgan fingerprint density at radius 1 is 1.13 bits per heavy atom. The summed E-state index contributed by atoms with van der Waals surface area (Å²) in [4.78, 5) is 15.2. The molecule has 0 atom stereocenters. The van der Waals surface area contributed by atoms with E-state index in [-0.39, 0.29) is 0 Å². The summed E-state index contributed by atoms with van der Waals surface area (Å²) >= 11 is 0. The summed E-state index contributed by atoms with van der Waals surface area (Å²) in [6, 6.07) is 6.53. The van der Waals surface area contributed by atoms with E-state index in [1.807, 2.05) is 25.5 Å². The van der Waals surface area contributed by atoms with Gasteiger partial charge in [0.25, 0.3) is 0 Å². The van der Waals surface area contributed by atoms with Crippen molar-refractivity contribution in [2.45, 2.75) is 58.4 Å². The summed E-state index contributed by atoms with van der Waals surface area (Å²) in [7, 11) is 0. The van der Waals surface area contributed by atoms with Gasteiger partial charge in [0.15, 0.2) is 0 Å². The Balaban J connectivity index is 1.28. The van der Waals surface area contributed by atoms with Crippen LogP contribution in [0.5, 0.6) is 0 Å². The molecule has 1 aliphatic carbocycles. The SMILES string of the molecule is C=C(/C=c1/c(-c2cc3c(N4CCCCC4)ccnc3[nH]2)n[nH]/c1=C/C)c1cncc(CNCC2CCCC2)c1. The van der Waals surface area contributed by atoms with E-state index in [0.717, 1.165) is 76.2 Å². The highest BCUT2D eigenvalue weighted by Gasteiger charge is 2.18. The van der Waals surface area contributed by atoms with Gasteiger partial charge in [-0.25, -0.2) is 4.98 Å². The molecule has 7 nitrogen and oxygen atoms in total. The van der Waals surface area contributed by atoms with Crippen LogP contribution in [0.3, 0.4) is 0 Å². The highest BCUT2D eigenvalue weighted by molar-refractivity contribution is 5.94. The van der Waals surface area contributed by atoms with Gasteiger partial charge in [0.05, 0.1) is 11.0 Å². The van der Waals surface area contributed by atoms with Crippen LogP contribution in [-0.4, -0.2) is 44.8 Å². The predicted molar refractivity (Wildman–Crippen MR) is 161 cm³/mol. The fraction of sp³-hybridized carbons (Fsp3) is 0.406. The van der Waals surface area contributed by atoms with Crippen LogP contribution < -0.4 is 20.8 Å². The molecule has 4 aromatic rings. The van der Waals surface area contributed by atoms with Gasteiger partial charge >= 0.3 is 0 Å². The first-order valence-electron chi connectivity index (χ1n) is 14.5. The number of aromatic amines is 2. The lowest BCUT2D eigenvalue weighted by atomic mass is 10.0. The molecule has 7 heteroatoms. The first-order chi connectivity index (χ1) is 19.2. The molecular formula is C32H39N7. The molecule has 0 amide bonds. The number of aromatic nitrogens is 5. The first-order valence-corrected chi connectivity index (χ1v) is 14.5. The van der Waals surface area contributed by atoms with Crippen molar-refractivity contribution in [1.82, 2.24) is 30.5 Å². The van der Waals surface area contributed by atoms with E-state index in [9.17, 15) is 0 Å². The molecule has 1 saturated heterocycles. The highest BCUT2D eigenvalue weighted by atomic mass is 15.1. The van der Waals surface area contributed by atoms with Gasteiger partial charge in [-0.1, -0.05) is 25.5 Å². The lowest BCUT2D eigenvalue weighted by Crippen LogP contribution is -2.29. The minimum atomic E-state index is 0.823. The number of anilines is 1. The van der Waals surface area contributed by atoms with Crippen molar-refractivity contribution >= 4 is 34.4 Å². The number of hydrogen-bond donors (Lipinski definition) is 3. The van der Waals surface area contributed by atoms with Gasteiger partial charge in [-0.15, -0.1) is 0 Å². The Kier molecular flexibility index (Phi) is 7.59. The first kappa shape index (κ1) is 25.6. The van der Waals surface area contributed by atoms with Crippen molar-refractivity contribution in [2.24, 2.45) is 5.92 Å². The molecular weight excluding hydrogens is 482 g/mol. The minimum Gasteiger partial charge on any atom is -0.371 e. The number of rotatable bonds is 8. The zero-order valence-electron chi connectivity index (χ0n) is 23.0. The third kappa shape index (κ3) is 5.55. The molecule has 2 aliphatic rings. The van der Waals surface area contributed by atoms with Crippen LogP contribution >= 0.6 is 0 Å². The van der Waals surface area contributed by atoms with Crippen molar-refractivity contribution in [3.63, 3.8) is 0 Å². The molecule has 0 aromatic carbocycles. The second-order valence-electron chi connectivity index (χ2n) is 11.0. The molecule has 202 valence electrons. The van der Waals surface area contributed by atoms with Gasteiger partial charge in [-0.05, 0) is 92.5 Å². The van der Waals surface area contributed by atoms with Gasteiger partial charge in [-0.3, -0.25) is 10.1 Å². The summed E-state index contributed by atoms with van der Waals surface area (Å²) < 4.78 is 0. The average Bonchev–Trinajstić information content (AvgIpc) is 3.73. The lowest BCUT2D eigenvalue weighted by Gasteiger charge is -2.29. The maximum Gasteiger partial charge on any atom is 0.139 e. The van der Waals surface area contributed by atoms with Crippen molar-refractivity contribution in [2.75, 3.05) is 24.5 Å². The van der Waals surface area contributed by atoms with Gasteiger partial charge < -0.3 is 15.2 Å². The standard InChI is InChI=1S/C32H39N7/c1-3-28-26(15-22(2)25-16-24(20-34-21-25)19-33-18-23-9-5-6-10-23)31(38-37-28)29-17-27-30(11-12-35-32(27)36-29)39-13-7-4-8-14-39/h3,11-12,15-17,20-21,23,33,37H,2,4-10,13-14,18-19H2,1H3,(H,35,36)/b26-15+,28-3+. The Labute approximate surface area is 230 Å². The van der Waals surface area contributed by atoms with Crippen LogP contribution in [0, 0.1) is 5.92 Å². The maximum atomic E-state index is 4.71. The van der Waals surface area contributed by atoms with Gasteiger partial charge in [0.1, 0.15) is 11.3 Å². The normalized spacial score (nSPS) is 17.5. The van der Waals surface area contributed by atoms with E-state index in [2.05, 4.69) is 67.2 Å². The summed E-state index contributed by atoms with van der Waals surface area (Å²) in [6.45, 7) is 10.5. The Hall–Kier alpha value is -3.71. The Morgan fingerprint density at radius 2 is 1.97 bits per heavy atom. The van der Waals surface area contributed by atoms with Crippen molar-refractivity contribution in [3.05, 3.63) is 65.1 Å². The third-order valence-corrected chi connectivity index (χ3v) is 8.30. The third-order valence-electron chi connectivity index (χ3n) is 8.30. The fourth-order valence-electron chi connectivity index (χ4n) is 6.14. The molecule has 2 fully saturated rings. The van der Waals surface area contributed by atoms with E-state index >= 15 is 0 Å². The monoisotopic (exact) mass is 521 g/mol.